The lowest BCUT2D eigenvalue weighted by molar-refractivity contribution is -0.133. The summed E-state index contributed by atoms with van der Waals surface area (Å²) in [6.07, 6.45) is -0.314. The molecule has 8 nitrogen and oxygen atoms in total. The fourth-order valence-corrected chi connectivity index (χ4v) is 4.66. The summed E-state index contributed by atoms with van der Waals surface area (Å²) in [5.41, 5.74) is 6.78. The van der Waals surface area contributed by atoms with Gasteiger partial charge in [0.05, 0.1) is 0 Å². The van der Waals surface area contributed by atoms with Gasteiger partial charge in [-0.25, -0.2) is 9.59 Å². The molecule has 4 amide bonds. The van der Waals surface area contributed by atoms with Crippen LogP contribution in [0, 0.1) is 5.92 Å². The van der Waals surface area contributed by atoms with Crippen LogP contribution in [-0.2, 0) is 11.2 Å². The Bertz CT molecular complexity index is 978. The van der Waals surface area contributed by atoms with Crippen LogP contribution in [0.4, 0.5) is 21.0 Å². The predicted molar refractivity (Wildman–Crippen MR) is 112 cm³/mol. The monoisotopic (exact) mass is 408 g/mol. The number of nitrogens with zero attached hydrogens (tertiary/aromatic N) is 3. The molecule has 30 heavy (non-hydrogen) atoms. The van der Waals surface area contributed by atoms with Crippen LogP contribution in [0.3, 0.4) is 0 Å². The fourth-order valence-electron chi connectivity index (χ4n) is 4.66. The summed E-state index contributed by atoms with van der Waals surface area (Å²) in [6, 6.07) is 16.0. The van der Waals surface area contributed by atoms with Gasteiger partial charge in [-0.1, -0.05) is 30.3 Å². The number of urea groups is 1. The van der Waals surface area contributed by atoms with Crippen molar-refractivity contribution in [2.24, 2.45) is 5.92 Å². The molecule has 2 fully saturated rings. The van der Waals surface area contributed by atoms with E-state index in [0.29, 0.717) is 17.8 Å². The number of piperidine rings is 1. The molecular weight excluding hydrogens is 384 g/mol. The van der Waals surface area contributed by atoms with Gasteiger partial charge in [-0.2, -0.15) is 0 Å². The first-order valence-electron chi connectivity index (χ1n) is 9.84. The van der Waals surface area contributed by atoms with Gasteiger partial charge < -0.3 is 15.7 Å². The van der Waals surface area contributed by atoms with Crippen LogP contribution in [0.5, 0.6) is 0 Å². The van der Waals surface area contributed by atoms with Gasteiger partial charge in [-0.15, -0.1) is 0 Å². The highest BCUT2D eigenvalue weighted by molar-refractivity contribution is 6.17. The van der Waals surface area contributed by atoms with E-state index < -0.39 is 23.6 Å². The van der Waals surface area contributed by atoms with Gasteiger partial charge in [0.2, 0.25) is 0 Å². The van der Waals surface area contributed by atoms with Gasteiger partial charge in [0, 0.05) is 37.4 Å². The first kappa shape index (κ1) is 19.8. The number of likely N-dealkylation sites (N-methyl/N-ethyl adjacent to an activating group) is 1. The third-order valence-corrected chi connectivity index (χ3v) is 6.18. The molecule has 2 aromatic carbocycles. The number of anilines is 2. The van der Waals surface area contributed by atoms with E-state index in [4.69, 9.17) is 5.73 Å². The summed E-state index contributed by atoms with van der Waals surface area (Å²) in [4.78, 5) is 42.4. The molecule has 8 heteroatoms. The molecule has 0 radical (unpaired) electrons. The van der Waals surface area contributed by atoms with Crippen molar-refractivity contribution in [3.8, 4) is 0 Å². The Kier molecular flexibility index (Phi) is 4.85. The quantitative estimate of drug-likeness (QED) is 0.600. The Hall–Kier alpha value is -3.55. The SMILES string of the molecule is CN1C(=O)N(c2ccc(N)cc2)C2(CCN(C(=O)O)CC2Cc2ccccc2)C1=O. The van der Waals surface area contributed by atoms with Crippen molar-refractivity contribution in [2.45, 2.75) is 18.4 Å². The number of hydrogen-bond donors (Lipinski definition) is 2. The molecule has 0 aliphatic carbocycles. The predicted octanol–water partition coefficient (Wildman–Crippen LogP) is 2.65. The summed E-state index contributed by atoms with van der Waals surface area (Å²) in [5.74, 6) is -0.695. The Labute approximate surface area is 174 Å². The second-order valence-corrected chi connectivity index (χ2v) is 7.86. The molecule has 4 rings (SSSR count). The molecule has 2 aliphatic heterocycles. The number of hydrogen-bond acceptors (Lipinski definition) is 4. The van der Waals surface area contributed by atoms with Gasteiger partial charge in [0.25, 0.3) is 5.91 Å². The molecular formula is C22H24N4O4. The van der Waals surface area contributed by atoms with E-state index in [1.807, 2.05) is 30.3 Å². The van der Waals surface area contributed by atoms with Gasteiger partial charge >= 0.3 is 12.1 Å². The van der Waals surface area contributed by atoms with Crippen LogP contribution >= 0.6 is 0 Å². The number of likely N-dealkylation sites (tertiary alicyclic amines) is 1. The van der Waals surface area contributed by atoms with Crippen molar-refractivity contribution in [2.75, 3.05) is 30.8 Å². The van der Waals surface area contributed by atoms with Crippen molar-refractivity contribution in [1.82, 2.24) is 9.80 Å². The van der Waals surface area contributed by atoms with E-state index in [2.05, 4.69) is 0 Å². The molecule has 1 spiro atoms. The second-order valence-electron chi connectivity index (χ2n) is 7.86. The third-order valence-electron chi connectivity index (χ3n) is 6.18. The average Bonchev–Trinajstić information content (AvgIpc) is 2.93. The number of amides is 4. The van der Waals surface area contributed by atoms with Crippen LogP contribution in [0.2, 0.25) is 0 Å². The number of nitrogens with two attached hydrogens (primary N) is 1. The first-order valence-corrected chi connectivity index (χ1v) is 9.84. The third kappa shape index (κ3) is 3.04. The van der Waals surface area contributed by atoms with Gasteiger partial charge in [0.15, 0.2) is 0 Å². The Morgan fingerprint density at radius 1 is 1.13 bits per heavy atom. The normalized spacial score (nSPS) is 24.0. The lowest BCUT2D eigenvalue weighted by atomic mass is 9.73. The molecule has 156 valence electrons. The van der Waals surface area contributed by atoms with Gasteiger partial charge in [0.1, 0.15) is 5.54 Å². The lowest BCUT2D eigenvalue weighted by Gasteiger charge is -2.47. The molecule has 2 atom stereocenters. The van der Waals surface area contributed by atoms with Crippen molar-refractivity contribution in [3.63, 3.8) is 0 Å². The lowest BCUT2D eigenvalue weighted by Crippen LogP contribution is -2.64. The van der Waals surface area contributed by atoms with E-state index in [0.717, 1.165) is 10.5 Å². The standard InChI is InChI=1S/C22H24N4O4/c1-24-19(27)22(26(20(24)28)18-9-7-17(23)8-10-18)11-12-25(21(29)30)14-16(22)13-15-5-3-2-4-6-15/h2-10,16H,11-14,23H2,1H3,(H,29,30). The highest BCUT2D eigenvalue weighted by Crippen LogP contribution is 2.44. The minimum atomic E-state index is -1.15. The maximum Gasteiger partial charge on any atom is 0.407 e. The fraction of sp³-hybridized carbons (Fsp3) is 0.318. The minimum Gasteiger partial charge on any atom is -0.465 e. The Balaban J connectivity index is 1.82. The number of rotatable bonds is 3. The van der Waals surface area contributed by atoms with Gasteiger partial charge in [-0.3, -0.25) is 14.6 Å². The Morgan fingerprint density at radius 3 is 2.43 bits per heavy atom. The number of nitrogen functional groups attached to an aromatic ring is 1. The van der Waals surface area contributed by atoms with E-state index >= 15 is 0 Å². The topological polar surface area (TPSA) is 107 Å². The summed E-state index contributed by atoms with van der Waals surface area (Å²) in [6.45, 7) is 0.349. The Morgan fingerprint density at radius 2 is 1.80 bits per heavy atom. The summed E-state index contributed by atoms with van der Waals surface area (Å²) < 4.78 is 0. The van der Waals surface area contributed by atoms with Crippen molar-refractivity contribution < 1.29 is 19.5 Å². The van der Waals surface area contributed by atoms with E-state index in [-0.39, 0.29) is 25.4 Å². The second kappa shape index (κ2) is 7.37. The van der Waals surface area contributed by atoms with Crippen LogP contribution in [0.15, 0.2) is 54.6 Å². The van der Waals surface area contributed by atoms with Crippen LogP contribution < -0.4 is 10.6 Å². The zero-order valence-electron chi connectivity index (χ0n) is 16.7. The van der Waals surface area contributed by atoms with Crippen molar-refractivity contribution >= 4 is 29.4 Å². The van der Waals surface area contributed by atoms with Gasteiger partial charge in [-0.05, 0) is 42.7 Å². The summed E-state index contributed by atoms with van der Waals surface area (Å²) in [7, 11) is 1.48. The minimum absolute atomic E-state index is 0.169. The summed E-state index contributed by atoms with van der Waals surface area (Å²) >= 11 is 0. The summed E-state index contributed by atoms with van der Waals surface area (Å²) in [5, 5.41) is 9.57. The van der Waals surface area contributed by atoms with E-state index in [1.165, 1.54) is 11.9 Å². The van der Waals surface area contributed by atoms with E-state index in [1.54, 1.807) is 29.2 Å². The molecule has 0 bridgehead atoms. The van der Waals surface area contributed by atoms with E-state index in [9.17, 15) is 19.5 Å². The molecule has 2 heterocycles. The van der Waals surface area contributed by atoms with Crippen molar-refractivity contribution in [3.05, 3.63) is 60.2 Å². The zero-order valence-corrected chi connectivity index (χ0v) is 16.7. The highest BCUT2D eigenvalue weighted by Gasteiger charge is 2.62. The van der Waals surface area contributed by atoms with Crippen LogP contribution in [0.25, 0.3) is 0 Å². The average molecular weight is 408 g/mol. The van der Waals surface area contributed by atoms with Crippen molar-refractivity contribution in [1.29, 1.82) is 0 Å². The zero-order chi connectivity index (χ0) is 21.5. The number of carbonyl (C=O) groups is 3. The first-order chi connectivity index (χ1) is 14.3. The molecule has 2 aliphatic rings. The molecule has 2 saturated heterocycles. The smallest absolute Gasteiger partial charge is 0.407 e. The maximum absolute atomic E-state index is 13.5. The number of benzene rings is 2. The highest BCUT2D eigenvalue weighted by atomic mass is 16.4. The number of carboxylic acid groups (broad SMARTS) is 1. The maximum atomic E-state index is 13.5. The largest absolute Gasteiger partial charge is 0.465 e. The number of carbonyl (C=O) groups excluding carboxylic acids is 2. The molecule has 0 aromatic heterocycles. The molecule has 3 N–H and O–H groups in total. The molecule has 0 saturated carbocycles. The molecule has 2 aromatic rings. The number of imide groups is 1. The molecule has 2 unspecified atom stereocenters. The van der Waals surface area contributed by atoms with Crippen LogP contribution in [0.1, 0.15) is 12.0 Å². The van der Waals surface area contributed by atoms with Crippen LogP contribution in [-0.4, -0.2) is 58.6 Å².